The van der Waals surface area contributed by atoms with Gasteiger partial charge < -0.3 is 9.80 Å². The summed E-state index contributed by atoms with van der Waals surface area (Å²) in [5.74, 6) is -0.746. The Morgan fingerprint density at radius 3 is 2.23 bits per heavy atom. The van der Waals surface area contributed by atoms with Gasteiger partial charge in [-0.3, -0.25) is 9.59 Å². The van der Waals surface area contributed by atoms with Crippen molar-refractivity contribution in [2.45, 2.75) is 32.7 Å². The van der Waals surface area contributed by atoms with Crippen molar-refractivity contribution in [1.29, 1.82) is 0 Å². The first-order chi connectivity index (χ1) is 15.1. The normalized spacial score (nSPS) is 17.7. The molecule has 1 saturated heterocycles. The first-order valence-corrected chi connectivity index (χ1v) is 11.5. The highest BCUT2D eigenvalue weighted by Gasteiger charge is 2.42. The van der Waals surface area contributed by atoms with E-state index >= 15 is 0 Å². The lowest BCUT2D eigenvalue weighted by Gasteiger charge is -2.33. The third-order valence-corrected chi connectivity index (χ3v) is 6.44. The lowest BCUT2D eigenvalue weighted by atomic mass is 10.1. The summed E-state index contributed by atoms with van der Waals surface area (Å²) in [4.78, 5) is 30.6. The van der Waals surface area contributed by atoms with Gasteiger partial charge in [0, 0.05) is 5.56 Å². The van der Waals surface area contributed by atoms with Crippen LogP contribution in [0.2, 0.25) is 0 Å². The van der Waals surface area contributed by atoms with Gasteiger partial charge in [-0.2, -0.15) is 0 Å². The molecule has 0 atom stereocenters. The minimum absolute atomic E-state index is 0.0339. The second-order valence-electron chi connectivity index (χ2n) is 8.28. The fourth-order valence-electron chi connectivity index (χ4n) is 4.30. The van der Waals surface area contributed by atoms with Gasteiger partial charge in [0.2, 0.25) is 0 Å². The highest BCUT2D eigenvalue weighted by Crippen LogP contribution is 2.31. The summed E-state index contributed by atoms with van der Waals surface area (Å²) < 4.78 is 0. The number of nitrogens with one attached hydrogen (secondary N) is 1. The molecule has 0 bridgehead atoms. The Labute approximate surface area is 188 Å². The second kappa shape index (κ2) is 9.67. The van der Waals surface area contributed by atoms with Crippen molar-refractivity contribution in [2.75, 3.05) is 31.1 Å². The number of hydrogen-bond donors (Lipinski definition) is 1. The number of halogens is 1. The maximum absolute atomic E-state index is 13.2. The Balaban J connectivity index is 1.41. The van der Waals surface area contributed by atoms with Crippen molar-refractivity contribution in [3.63, 3.8) is 0 Å². The van der Waals surface area contributed by atoms with Gasteiger partial charge in [0.05, 0.1) is 31.9 Å². The summed E-state index contributed by atoms with van der Waals surface area (Å²) in [6, 6.07) is 18.1. The number of aryl methyl sites for hydroxylation is 1. The molecule has 31 heavy (non-hydrogen) atoms. The maximum Gasteiger partial charge on any atom is 0.283 e. The average Bonchev–Trinajstić information content (AvgIpc) is 3.02. The zero-order valence-corrected chi connectivity index (χ0v) is 18.7. The van der Waals surface area contributed by atoms with Crippen molar-refractivity contribution < 1.29 is 14.5 Å². The number of quaternary nitrogens is 1. The molecule has 2 aliphatic rings. The van der Waals surface area contributed by atoms with E-state index in [1.807, 2.05) is 35.2 Å². The van der Waals surface area contributed by atoms with Crippen molar-refractivity contribution in [3.05, 3.63) is 76.5 Å². The summed E-state index contributed by atoms with van der Waals surface area (Å²) in [5.41, 5.74) is 3.45. The molecule has 0 unspecified atom stereocenters. The van der Waals surface area contributed by atoms with Crippen molar-refractivity contribution in [2.24, 2.45) is 0 Å². The fraction of sp³-hybridized carbons (Fsp3) is 0.360. The quantitative estimate of drug-likeness (QED) is 0.676. The van der Waals surface area contributed by atoms with Gasteiger partial charge in [-0.15, -0.1) is 0 Å². The van der Waals surface area contributed by atoms with Crippen molar-refractivity contribution in [3.8, 4) is 0 Å². The summed E-state index contributed by atoms with van der Waals surface area (Å²) in [7, 11) is 0. The van der Waals surface area contributed by atoms with Crippen LogP contribution in [0.4, 0.5) is 5.69 Å². The van der Waals surface area contributed by atoms with Crippen LogP contribution in [0.15, 0.2) is 65.3 Å². The highest BCUT2D eigenvalue weighted by atomic mass is 35.5. The molecule has 162 valence electrons. The van der Waals surface area contributed by atoms with Gasteiger partial charge in [-0.1, -0.05) is 67.4 Å². The van der Waals surface area contributed by atoms with Crippen LogP contribution in [-0.2, 0) is 22.6 Å². The van der Waals surface area contributed by atoms with E-state index in [0.29, 0.717) is 24.5 Å². The molecule has 5 nitrogen and oxygen atoms in total. The molecule has 0 aliphatic carbocycles. The number of imide groups is 1. The molecule has 2 aromatic rings. The number of carbonyl (C=O) groups excluding carboxylic acids is 2. The van der Waals surface area contributed by atoms with Gasteiger partial charge >= 0.3 is 0 Å². The molecule has 1 N–H and O–H groups in total. The standard InChI is InChI=1S/C25H28ClN3O2/c1-2-3-7-19-10-12-21(13-11-19)29-24(30)22(26)23(25(29)31)28-16-14-27(15-17-28)18-20-8-5-4-6-9-20/h4-6,8-13H,2-3,7,14-18H2,1H3/p+1. The van der Waals surface area contributed by atoms with E-state index in [2.05, 4.69) is 31.2 Å². The molecule has 0 saturated carbocycles. The van der Waals surface area contributed by atoms with Crippen LogP contribution in [0, 0.1) is 0 Å². The van der Waals surface area contributed by atoms with E-state index in [-0.39, 0.29) is 10.9 Å². The number of unbranched alkanes of at least 4 members (excludes halogenated alkanes) is 1. The predicted octanol–water partition coefficient (Wildman–Crippen LogP) is 2.75. The Morgan fingerprint density at radius 1 is 0.903 bits per heavy atom. The van der Waals surface area contributed by atoms with Gasteiger partial charge in [-0.05, 0) is 30.5 Å². The lowest BCUT2D eigenvalue weighted by molar-refractivity contribution is -0.917. The molecule has 2 heterocycles. The number of carbonyl (C=O) groups is 2. The Bertz CT molecular complexity index is 964. The molecule has 1 fully saturated rings. The minimum Gasteiger partial charge on any atom is -0.354 e. The molecule has 0 spiro atoms. The van der Waals surface area contributed by atoms with E-state index in [1.54, 1.807) is 0 Å². The number of anilines is 1. The Morgan fingerprint density at radius 2 is 1.58 bits per heavy atom. The van der Waals surface area contributed by atoms with E-state index in [4.69, 9.17) is 11.6 Å². The third kappa shape index (κ3) is 4.68. The molecule has 2 aliphatic heterocycles. The van der Waals surface area contributed by atoms with Crippen LogP contribution in [0.1, 0.15) is 30.9 Å². The number of nitrogens with zero attached hydrogens (tertiary/aromatic N) is 2. The SMILES string of the molecule is CCCCc1ccc(N2C(=O)C(Cl)=C(N3CC[NH+](Cc4ccccc4)CC3)C2=O)cc1. The molecule has 2 aromatic carbocycles. The number of benzene rings is 2. The number of amides is 2. The molecule has 4 rings (SSSR count). The van der Waals surface area contributed by atoms with Crippen molar-refractivity contribution >= 4 is 29.1 Å². The van der Waals surface area contributed by atoms with E-state index in [1.165, 1.54) is 20.9 Å². The second-order valence-corrected chi connectivity index (χ2v) is 8.66. The van der Waals surface area contributed by atoms with Gasteiger partial charge in [-0.25, -0.2) is 4.90 Å². The molecule has 0 aromatic heterocycles. The number of rotatable bonds is 7. The summed E-state index contributed by atoms with van der Waals surface area (Å²) >= 11 is 6.39. The van der Waals surface area contributed by atoms with E-state index in [9.17, 15) is 9.59 Å². The Kier molecular flexibility index (Phi) is 6.73. The summed E-state index contributed by atoms with van der Waals surface area (Å²) in [6.07, 6.45) is 3.25. The van der Waals surface area contributed by atoms with Crippen molar-refractivity contribution in [1.82, 2.24) is 4.90 Å². The van der Waals surface area contributed by atoms with E-state index in [0.717, 1.165) is 38.9 Å². The van der Waals surface area contributed by atoms with E-state index < -0.39 is 5.91 Å². The fourth-order valence-corrected chi connectivity index (χ4v) is 4.59. The summed E-state index contributed by atoms with van der Waals surface area (Å²) in [5, 5.41) is 0.0339. The molecular formula is C25H29ClN3O2+. The predicted molar refractivity (Wildman–Crippen MR) is 123 cm³/mol. The average molecular weight is 439 g/mol. The van der Waals surface area contributed by atoms with Crippen LogP contribution < -0.4 is 9.80 Å². The van der Waals surface area contributed by atoms with Gasteiger partial charge in [0.25, 0.3) is 11.8 Å². The first-order valence-electron chi connectivity index (χ1n) is 11.1. The first kappa shape index (κ1) is 21.6. The van der Waals surface area contributed by atoms with Crippen LogP contribution in [0.3, 0.4) is 0 Å². The monoisotopic (exact) mass is 438 g/mol. The Hall–Kier alpha value is -2.63. The van der Waals surface area contributed by atoms with Crippen LogP contribution in [0.5, 0.6) is 0 Å². The number of piperazine rings is 1. The smallest absolute Gasteiger partial charge is 0.283 e. The largest absolute Gasteiger partial charge is 0.354 e. The highest BCUT2D eigenvalue weighted by molar-refractivity contribution is 6.52. The molecular weight excluding hydrogens is 410 g/mol. The molecule has 2 amide bonds. The third-order valence-electron chi connectivity index (χ3n) is 6.10. The van der Waals surface area contributed by atoms with Gasteiger partial charge in [0.1, 0.15) is 17.3 Å². The maximum atomic E-state index is 13.2. The zero-order valence-electron chi connectivity index (χ0n) is 17.9. The lowest BCUT2D eigenvalue weighted by Crippen LogP contribution is -3.13. The van der Waals surface area contributed by atoms with Crippen LogP contribution in [-0.4, -0.2) is 42.9 Å². The number of hydrogen-bond acceptors (Lipinski definition) is 3. The molecule has 0 radical (unpaired) electrons. The van der Waals surface area contributed by atoms with Crippen LogP contribution >= 0.6 is 11.6 Å². The minimum atomic E-state index is -0.429. The summed E-state index contributed by atoms with van der Waals surface area (Å²) in [6.45, 7) is 6.33. The topological polar surface area (TPSA) is 45.1 Å². The van der Waals surface area contributed by atoms with Gasteiger partial charge in [0.15, 0.2) is 0 Å². The molecule has 6 heteroatoms. The zero-order chi connectivity index (χ0) is 21.8. The van der Waals surface area contributed by atoms with Crippen LogP contribution in [0.25, 0.3) is 0 Å².